The van der Waals surface area contributed by atoms with Gasteiger partial charge in [-0.15, -0.1) is 0 Å². The van der Waals surface area contributed by atoms with Crippen LogP contribution in [0.4, 0.5) is 0 Å². The van der Waals surface area contributed by atoms with E-state index in [-0.39, 0.29) is 41.5 Å². The molecule has 0 aliphatic carbocycles. The number of carbonyl (C=O) groups excluding carboxylic acids is 4. The van der Waals surface area contributed by atoms with Gasteiger partial charge in [-0.2, -0.15) is 0 Å². The van der Waals surface area contributed by atoms with E-state index in [4.69, 9.17) is 0 Å². The van der Waals surface area contributed by atoms with E-state index in [9.17, 15) is 19.2 Å². The van der Waals surface area contributed by atoms with Crippen LogP contribution in [0, 0.1) is 11.8 Å². The second kappa shape index (κ2) is 17.7. The molecule has 1 aliphatic rings. The van der Waals surface area contributed by atoms with Crippen LogP contribution in [0.15, 0.2) is 24.3 Å². The summed E-state index contributed by atoms with van der Waals surface area (Å²) in [4.78, 5) is 50.6. The SMILES string of the molecule is CCCCCCCCCC(=O)N[C@H](C(=O)NC1/C=C\CCNC(=O)/C=C/[C@H](C(C)C)NC1=O)C(C)C. The molecule has 1 unspecified atom stereocenters. The summed E-state index contributed by atoms with van der Waals surface area (Å²) in [5.74, 6) is -1.18. The summed E-state index contributed by atoms with van der Waals surface area (Å²) in [6.07, 6.45) is 15.3. The maximum absolute atomic E-state index is 13.1. The highest BCUT2D eigenvalue weighted by Crippen LogP contribution is 2.10. The van der Waals surface area contributed by atoms with Gasteiger partial charge in [-0.1, -0.05) is 91.4 Å². The molecular weight excluding hydrogens is 456 g/mol. The lowest BCUT2D eigenvalue weighted by Gasteiger charge is -2.26. The molecule has 0 radical (unpaired) electrons. The molecule has 1 aliphatic heterocycles. The van der Waals surface area contributed by atoms with E-state index in [1.54, 1.807) is 18.2 Å². The fourth-order valence-electron chi connectivity index (χ4n) is 3.92. The minimum absolute atomic E-state index is 0.0515. The molecule has 1 rings (SSSR count). The van der Waals surface area contributed by atoms with Crippen molar-refractivity contribution in [3.8, 4) is 0 Å². The van der Waals surface area contributed by atoms with Gasteiger partial charge in [0.25, 0.3) is 0 Å². The van der Waals surface area contributed by atoms with Gasteiger partial charge in [0.1, 0.15) is 12.1 Å². The molecule has 0 fully saturated rings. The molecule has 0 spiro atoms. The van der Waals surface area contributed by atoms with Gasteiger partial charge in [-0.3, -0.25) is 19.2 Å². The minimum Gasteiger partial charge on any atom is -0.352 e. The normalized spacial score (nSPS) is 21.5. The Morgan fingerprint density at radius 1 is 1.00 bits per heavy atom. The van der Waals surface area contributed by atoms with Crippen molar-refractivity contribution in [3.63, 3.8) is 0 Å². The Balaban J connectivity index is 2.75. The average molecular weight is 505 g/mol. The molecule has 4 amide bonds. The summed E-state index contributed by atoms with van der Waals surface area (Å²) in [6, 6.07) is -1.98. The lowest BCUT2D eigenvalue weighted by atomic mass is 10.0. The van der Waals surface area contributed by atoms with Crippen LogP contribution < -0.4 is 21.3 Å². The van der Waals surface area contributed by atoms with Gasteiger partial charge in [0, 0.05) is 25.1 Å². The largest absolute Gasteiger partial charge is 0.352 e. The average Bonchev–Trinajstić information content (AvgIpc) is 2.82. The number of carbonyl (C=O) groups is 4. The van der Waals surface area contributed by atoms with Gasteiger partial charge in [-0.05, 0) is 24.7 Å². The molecule has 8 nitrogen and oxygen atoms in total. The number of rotatable bonds is 13. The Morgan fingerprint density at radius 3 is 2.31 bits per heavy atom. The van der Waals surface area contributed by atoms with E-state index < -0.39 is 12.1 Å². The quantitative estimate of drug-likeness (QED) is 0.227. The van der Waals surface area contributed by atoms with E-state index in [2.05, 4.69) is 28.2 Å². The number of hydrogen-bond acceptors (Lipinski definition) is 4. The summed E-state index contributed by atoms with van der Waals surface area (Å²) in [6.45, 7) is 10.2. The molecule has 0 aromatic rings. The lowest BCUT2D eigenvalue weighted by molar-refractivity contribution is -0.132. The molecule has 4 N–H and O–H groups in total. The summed E-state index contributed by atoms with van der Waals surface area (Å²) >= 11 is 0. The van der Waals surface area contributed by atoms with Gasteiger partial charge in [-0.25, -0.2) is 0 Å². The third kappa shape index (κ3) is 12.9. The molecule has 0 aromatic heterocycles. The molecule has 0 aromatic carbocycles. The predicted octanol–water partition coefficient (Wildman–Crippen LogP) is 3.53. The van der Waals surface area contributed by atoms with Crippen molar-refractivity contribution in [3.05, 3.63) is 24.3 Å². The minimum atomic E-state index is -0.886. The summed E-state index contributed by atoms with van der Waals surface area (Å²) in [7, 11) is 0. The summed E-state index contributed by atoms with van der Waals surface area (Å²) < 4.78 is 0. The standard InChI is InChI=1S/C28H48N4O4/c1-6-7-8-9-10-11-12-16-25(34)32-26(21(4)5)28(36)31-23-15-13-14-19-29-24(33)18-17-22(20(2)3)30-27(23)35/h13,15,17-18,20-23,26H,6-12,14,16,19H2,1-5H3,(H,29,33)(H,30,35)(H,31,36)(H,32,34)/b15-13-,18-17+/t22-,23?,26+/m1/s1. The van der Waals surface area contributed by atoms with Crippen molar-refractivity contribution in [2.45, 2.75) is 111 Å². The highest BCUT2D eigenvalue weighted by atomic mass is 16.2. The fourth-order valence-corrected chi connectivity index (χ4v) is 3.92. The highest BCUT2D eigenvalue weighted by Gasteiger charge is 2.28. The maximum atomic E-state index is 13.1. The molecule has 3 atom stereocenters. The van der Waals surface area contributed by atoms with Gasteiger partial charge < -0.3 is 21.3 Å². The van der Waals surface area contributed by atoms with E-state index in [0.717, 1.165) is 19.3 Å². The molecule has 1 heterocycles. The first kappa shape index (κ1) is 31.4. The Bertz CT molecular complexity index is 761. The summed E-state index contributed by atoms with van der Waals surface area (Å²) in [5.41, 5.74) is 0. The maximum Gasteiger partial charge on any atom is 0.247 e. The van der Waals surface area contributed by atoms with Crippen LogP contribution >= 0.6 is 0 Å². The molecule has 0 bridgehead atoms. The Labute approximate surface area is 217 Å². The monoisotopic (exact) mass is 504 g/mol. The van der Waals surface area contributed by atoms with Crippen molar-refractivity contribution in [2.75, 3.05) is 6.54 Å². The molecule has 36 heavy (non-hydrogen) atoms. The second-order valence-corrected chi connectivity index (χ2v) is 10.3. The fraction of sp³-hybridized carbons (Fsp3) is 0.714. The number of unbranched alkanes of at least 4 members (excludes halogenated alkanes) is 6. The van der Waals surface area contributed by atoms with Crippen LogP contribution in [-0.2, 0) is 19.2 Å². The van der Waals surface area contributed by atoms with Crippen molar-refractivity contribution in [2.24, 2.45) is 11.8 Å². The topological polar surface area (TPSA) is 116 Å². The van der Waals surface area contributed by atoms with Gasteiger partial charge in [0.15, 0.2) is 0 Å². The van der Waals surface area contributed by atoms with Crippen LogP contribution in [0.3, 0.4) is 0 Å². The molecule has 204 valence electrons. The van der Waals surface area contributed by atoms with Crippen molar-refractivity contribution >= 4 is 23.6 Å². The smallest absolute Gasteiger partial charge is 0.247 e. The second-order valence-electron chi connectivity index (χ2n) is 10.3. The van der Waals surface area contributed by atoms with Crippen LogP contribution in [0.1, 0.15) is 92.4 Å². The van der Waals surface area contributed by atoms with Crippen molar-refractivity contribution in [1.82, 2.24) is 21.3 Å². The van der Waals surface area contributed by atoms with E-state index in [1.165, 1.54) is 31.8 Å². The van der Waals surface area contributed by atoms with E-state index >= 15 is 0 Å². The molecular formula is C28H48N4O4. The first-order valence-corrected chi connectivity index (χ1v) is 13.7. The zero-order chi connectivity index (χ0) is 26.9. The van der Waals surface area contributed by atoms with Crippen LogP contribution in [-0.4, -0.2) is 48.3 Å². The van der Waals surface area contributed by atoms with Gasteiger partial charge >= 0.3 is 0 Å². The van der Waals surface area contributed by atoms with Gasteiger partial charge in [0.2, 0.25) is 23.6 Å². The van der Waals surface area contributed by atoms with E-state index in [1.807, 2.05) is 27.7 Å². The third-order valence-corrected chi connectivity index (χ3v) is 6.27. The van der Waals surface area contributed by atoms with Crippen LogP contribution in [0.5, 0.6) is 0 Å². The van der Waals surface area contributed by atoms with Crippen LogP contribution in [0.2, 0.25) is 0 Å². The Morgan fingerprint density at radius 2 is 1.67 bits per heavy atom. The third-order valence-electron chi connectivity index (χ3n) is 6.27. The van der Waals surface area contributed by atoms with Crippen molar-refractivity contribution < 1.29 is 19.2 Å². The Kier molecular flexibility index (Phi) is 15.5. The molecule has 0 saturated heterocycles. The Hall–Kier alpha value is -2.64. The van der Waals surface area contributed by atoms with Crippen molar-refractivity contribution in [1.29, 1.82) is 0 Å². The molecule has 0 saturated carbocycles. The van der Waals surface area contributed by atoms with Crippen LogP contribution in [0.25, 0.3) is 0 Å². The number of nitrogens with one attached hydrogen (secondary N) is 4. The lowest BCUT2D eigenvalue weighted by Crippen LogP contribution is -2.56. The number of amides is 4. The number of hydrogen-bond donors (Lipinski definition) is 4. The zero-order valence-corrected chi connectivity index (χ0v) is 22.9. The zero-order valence-electron chi connectivity index (χ0n) is 22.9. The van der Waals surface area contributed by atoms with E-state index in [0.29, 0.717) is 19.4 Å². The highest BCUT2D eigenvalue weighted by molar-refractivity contribution is 5.93. The summed E-state index contributed by atoms with van der Waals surface area (Å²) in [5, 5.41) is 11.4. The first-order valence-electron chi connectivity index (χ1n) is 13.7. The first-order chi connectivity index (χ1) is 17.1. The predicted molar refractivity (Wildman–Crippen MR) is 144 cm³/mol. The van der Waals surface area contributed by atoms with Gasteiger partial charge in [0.05, 0.1) is 0 Å². The molecule has 8 heteroatoms.